The van der Waals surface area contributed by atoms with Crippen LogP contribution in [0.25, 0.3) is 0 Å². The largest absolute Gasteiger partial charge is 0.509 e. The highest BCUT2D eigenvalue weighted by molar-refractivity contribution is 6.24. The predicted octanol–water partition coefficient (Wildman–Crippen LogP) is 4.70. The minimum atomic E-state index is -0.618. The number of amides is 2. The van der Waals surface area contributed by atoms with Crippen LogP contribution < -0.4 is 15.4 Å². The molecule has 3 N–H and O–H groups in total. The van der Waals surface area contributed by atoms with Crippen LogP contribution in [-0.4, -0.2) is 23.0 Å². The van der Waals surface area contributed by atoms with Crippen LogP contribution in [0.15, 0.2) is 65.9 Å². The molecule has 2 amide bonds. The van der Waals surface area contributed by atoms with Crippen molar-refractivity contribution in [1.29, 1.82) is 0 Å². The van der Waals surface area contributed by atoms with E-state index >= 15 is 0 Å². The van der Waals surface area contributed by atoms with Gasteiger partial charge in [-0.05, 0) is 36.6 Å². The Kier molecular flexibility index (Phi) is 6.02. The summed E-state index contributed by atoms with van der Waals surface area (Å²) in [4.78, 5) is 25.1. The molecule has 1 aliphatic heterocycles. The van der Waals surface area contributed by atoms with E-state index in [4.69, 9.17) is 4.74 Å². The Bertz CT molecular complexity index is 949. The number of carbonyl (C=O) groups is 2. The summed E-state index contributed by atoms with van der Waals surface area (Å²) in [5.41, 5.74) is 0.280. The van der Waals surface area contributed by atoms with E-state index in [9.17, 15) is 14.7 Å². The number of para-hydroxylation sites is 1. The minimum absolute atomic E-state index is 0.153. The van der Waals surface area contributed by atoms with Gasteiger partial charge in [0.25, 0.3) is 11.8 Å². The number of hydrogen-bond acceptors (Lipinski definition) is 4. The molecule has 6 heteroatoms. The van der Waals surface area contributed by atoms with Gasteiger partial charge in [-0.2, -0.15) is 0 Å². The maximum absolute atomic E-state index is 12.7. The van der Waals surface area contributed by atoms with Gasteiger partial charge < -0.3 is 20.5 Å². The van der Waals surface area contributed by atoms with Crippen molar-refractivity contribution in [3.8, 4) is 11.5 Å². The quantitative estimate of drug-likeness (QED) is 0.607. The van der Waals surface area contributed by atoms with E-state index in [1.165, 1.54) is 19.3 Å². The molecule has 156 valence electrons. The molecule has 1 fully saturated rings. The fraction of sp³-hybridized carbons (Fsp3) is 0.333. The van der Waals surface area contributed by atoms with E-state index in [0.717, 1.165) is 12.8 Å². The number of aliphatic hydroxyl groups excluding tert-OH is 1. The molecule has 1 heterocycles. The highest BCUT2D eigenvalue weighted by Gasteiger charge is 2.37. The summed E-state index contributed by atoms with van der Waals surface area (Å²) >= 11 is 0. The molecule has 6 nitrogen and oxygen atoms in total. The van der Waals surface area contributed by atoms with Gasteiger partial charge >= 0.3 is 0 Å². The Hall–Kier alpha value is -3.28. The lowest BCUT2D eigenvalue weighted by molar-refractivity contribution is -0.120. The van der Waals surface area contributed by atoms with Crippen LogP contribution in [0, 0.1) is 5.92 Å². The molecule has 2 aromatic carbocycles. The monoisotopic (exact) mass is 406 g/mol. The van der Waals surface area contributed by atoms with E-state index in [2.05, 4.69) is 10.6 Å². The molecule has 1 atom stereocenters. The van der Waals surface area contributed by atoms with E-state index in [-0.39, 0.29) is 11.3 Å². The number of hydrogen-bond donors (Lipinski definition) is 3. The first-order valence-corrected chi connectivity index (χ1v) is 10.5. The normalized spacial score (nSPS) is 19.5. The van der Waals surface area contributed by atoms with Gasteiger partial charge in [-0.3, -0.25) is 9.59 Å². The number of carbonyl (C=O) groups excluding carboxylic acids is 2. The van der Waals surface area contributed by atoms with Crippen molar-refractivity contribution >= 4 is 17.5 Å². The summed E-state index contributed by atoms with van der Waals surface area (Å²) in [5, 5.41) is 16.0. The molecular formula is C24H26N2O4. The molecule has 1 unspecified atom stereocenters. The van der Waals surface area contributed by atoms with Crippen molar-refractivity contribution in [3.05, 3.63) is 65.9 Å². The van der Waals surface area contributed by atoms with E-state index in [1.807, 2.05) is 30.3 Å². The first kappa shape index (κ1) is 20.0. The van der Waals surface area contributed by atoms with Crippen LogP contribution in [0.2, 0.25) is 0 Å². The summed E-state index contributed by atoms with van der Waals surface area (Å²) in [6, 6.07) is 15.8. The third-order valence-electron chi connectivity index (χ3n) is 5.71. The Morgan fingerprint density at radius 1 is 1.03 bits per heavy atom. The molecule has 0 spiro atoms. The van der Waals surface area contributed by atoms with Gasteiger partial charge in [0.15, 0.2) is 0 Å². The highest BCUT2D eigenvalue weighted by atomic mass is 16.5. The third kappa shape index (κ3) is 4.64. The summed E-state index contributed by atoms with van der Waals surface area (Å²) in [6.45, 7) is 0. The molecule has 4 rings (SSSR count). The molecule has 0 radical (unpaired) electrons. The van der Waals surface area contributed by atoms with Gasteiger partial charge in [-0.1, -0.05) is 56.4 Å². The number of benzene rings is 2. The number of nitrogens with one attached hydrogen (secondary N) is 2. The lowest BCUT2D eigenvalue weighted by Crippen LogP contribution is -2.32. The molecule has 30 heavy (non-hydrogen) atoms. The molecule has 1 saturated carbocycles. The number of ether oxygens (including phenoxy) is 1. The van der Waals surface area contributed by atoms with Crippen LogP contribution in [0.4, 0.5) is 5.69 Å². The van der Waals surface area contributed by atoms with E-state index in [1.54, 1.807) is 24.3 Å². The van der Waals surface area contributed by atoms with E-state index < -0.39 is 17.9 Å². The zero-order valence-corrected chi connectivity index (χ0v) is 16.8. The van der Waals surface area contributed by atoms with Crippen molar-refractivity contribution in [2.45, 2.75) is 44.6 Å². The second-order valence-electron chi connectivity index (χ2n) is 7.92. The van der Waals surface area contributed by atoms with Gasteiger partial charge in [0.1, 0.15) is 22.8 Å². The van der Waals surface area contributed by atoms with Crippen molar-refractivity contribution in [1.82, 2.24) is 5.32 Å². The van der Waals surface area contributed by atoms with Crippen LogP contribution in [0.5, 0.6) is 11.5 Å². The van der Waals surface area contributed by atoms with Crippen molar-refractivity contribution in [2.24, 2.45) is 5.92 Å². The lowest BCUT2D eigenvalue weighted by atomic mass is 9.84. The lowest BCUT2D eigenvalue weighted by Gasteiger charge is -2.24. The zero-order valence-electron chi connectivity index (χ0n) is 16.8. The van der Waals surface area contributed by atoms with Gasteiger partial charge in [-0.15, -0.1) is 0 Å². The molecule has 2 aromatic rings. The second-order valence-corrected chi connectivity index (χ2v) is 7.92. The van der Waals surface area contributed by atoms with Crippen LogP contribution in [0.3, 0.4) is 0 Å². The summed E-state index contributed by atoms with van der Waals surface area (Å²) in [6.07, 6.45) is 6.50. The molecule has 1 aliphatic carbocycles. The standard InChI is InChI=1S/C24H26N2O4/c27-22-20(14-16-8-3-1-4-9-16)26-24(29)21(22)23(28)25-17-10-7-13-19(15-17)30-18-11-5-2-6-12-18/h2,5-7,10-13,15-16,20,27H,1,3-4,8-9,14H2,(H,25,28)(H,26,29). The Morgan fingerprint density at radius 2 is 1.77 bits per heavy atom. The van der Waals surface area contributed by atoms with Crippen LogP contribution >= 0.6 is 0 Å². The minimum Gasteiger partial charge on any atom is -0.509 e. The Labute approximate surface area is 175 Å². The number of anilines is 1. The predicted molar refractivity (Wildman–Crippen MR) is 114 cm³/mol. The first-order valence-electron chi connectivity index (χ1n) is 10.5. The molecule has 0 bridgehead atoms. The summed E-state index contributed by atoms with van der Waals surface area (Å²) in [7, 11) is 0. The Balaban J connectivity index is 1.43. The fourth-order valence-corrected chi connectivity index (χ4v) is 4.19. The van der Waals surface area contributed by atoms with Gasteiger partial charge in [0, 0.05) is 11.8 Å². The van der Waals surface area contributed by atoms with E-state index in [0.29, 0.717) is 29.5 Å². The average Bonchev–Trinajstić information content (AvgIpc) is 3.03. The van der Waals surface area contributed by atoms with Crippen LogP contribution in [-0.2, 0) is 9.59 Å². The van der Waals surface area contributed by atoms with Gasteiger partial charge in [0.2, 0.25) is 0 Å². The number of aliphatic hydroxyl groups is 1. The van der Waals surface area contributed by atoms with Crippen molar-refractivity contribution in [3.63, 3.8) is 0 Å². The SMILES string of the molecule is O=C(Nc1cccc(Oc2ccccc2)c1)C1=C(O)C(CC2CCCCC2)NC1=O. The van der Waals surface area contributed by atoms with Gasteiger partial charge in [-0.25, -0.2) is 0 Å². The molecule has 0 aromatic heterocycles. The van der Waals surface area contributed by atoms with Crippen molar-refractivity contribution < 1.29 is 19.4 Å². The number of rotatable bonds is 6. The maximum Gasteiger partial charge on any atom is 0.264 e. The summed E-state index contributed by atoms with van der Waals surface area (Å²) in [5.74, 6) is 0.418. The Morgan fingerprint density at radius 3 is 2.53 bits per heavy atom. The molecule has 0 saturated heterocycles. The fourth-order valence-electron chi connectivity index (χ4n) is 4.19. The first-order chi connectivity index (χ1) is 14.6. The van der Waals surface area contributed by atoms with Crippen molar-refractivity contribution in [2.75, 3.05) is 5.32 Å². The average molecular weight is 406 g/mol. The van der Waals surface area contributed by atoms with Gasteiger partial charge in [0.05, 0.1) is 6.04 Å². The summed E-state index contributed by atoms with van der Waals surface area (Å²) < 4.78 is 5.78. The second kappa shape index (κ2) is 9.03. The third-order valence-corrected chi connectivity index (χ3v) is 5.71. The smallest absolute Gasteiger partial charge is 0.264 e. The highest BCUT2D eigenvalue weighted by Crippen LogP contribution is 2.31. The zero-order chi connectivity index (χ0) is 20.9. The molecular weight excluding hydrogens is 380 g/mol. The maximum atomic E-state index is 12.7. The topological polar surface area (TPSA) is 87.7 Å². The molecule has 2 aliphatic rings. The van der Waals surface area contributed by atoms with Crippen LogP contribution in [0.1, 0.15) is 38.5 Å².